The van der Waals surface area contributed by atoms with Crippen molar-refractivity contribution in [2.45, 2.75) is 50.6 Å². The highest BCUT2D eigenvalue weighted by Gasteiger charge is 2.59. The van der Waals surface area contributed by atoms with Crippen LogP contribution in [-0.4, -0.2) is 28.1 Å². The van der Waals surface area contributed by atoms with Gasteiger partial charge in [-0.2, -0.15) is 5.26 Å². The maximum absolute atomic E-state index is 12.2. The molecule has 1 fully saturated rings. The molecule has 2 aromatic rings. The van der Waals surface area contributed by atoms with Crippen molar-refractivity contribution in [2.75, 3.05) is 0 Å². The predicted octanol–water partition coefficient (Wildman–Crippen LogP) is 4.14. The van der Waals surface area contributed by atoms with Crippen LogP contribution in [0.2, 0.25) is 5.02 Å². The smallest absolute Gasteiger partial charge is 0.321 e. The van der Waals surface area contributed by atoms with Gasteiger partial charge in [0.25, 0.3) is 0 Å². The Morgan fingerprint density at radius 3 is 2.64 bits per heavy atom. The van der Waals surface area contributed by atoms with Gasteiger partial charge in [-0.1, -0.05) is 50.6 Å². The van der Waals surface area contributed by atoms with Crippen LogP contribution in [0.25, 0.3) is 0 Å². The molecule has 0 amide bonds. The second-order valence-electron chi connectivity index (χ2n) is 8.56. The summed E-state index contributed by atoms with van der Waals surface area (Å²) >= 11 is 6.21. The molecule has 0 spiro atoms. The Morgan fingerprint density at radius 1 is 1.36 bits per heavy atom. The summed E-state index contributed by atoms with van der Waals surface area (Å²) in [5.41, 5.74) is 0.256. The first-order valence-corrected chi connectivity index (χ1v) is 9.63. The van der Waals surface area contributed by atoms with Gasteiger partial charge in [0.15, 0.2) is 0 Å². The molecular weight excluding hydrogens is 374 g/mol. The van der Waals surface area contributed by atoms with Gasteiger partial charge in [0.2, 0.25) is 0 Å². The third kappa shape index (κ3) is 3.63. The molecule has 146 valence electrons. The summed E-state index contributed by atoms with van der Waals surface area (Å²) in [5, 5.41) is 24.3. The van der Waals surface area contributed by atoms with Gasteiger partial charge in [-0.25, -0.2) is 0 Å². The number of aromatic nitrogens is 1. The minimum absolute atomic E-state index is 0.103. The van der Waals surface area contributed by atoms with E-state index in [1.165, 1.54) is 0 Å². The van der Waals surface area contributed by atoms with E-state index in [-0.39, 0.29) is 11.5 Å². The lowest BCUT2D eigenvalue weighted by atomic mass is 9.63. The number of carboxylic acid groups (broad SMARTS) is 1. The summed E-state index contributed by atoms with van der Waals surface area (Å²) in [6.45, 7) is 6.26. The molecule has 1 aliphatic rings. The number of aliphatic carboxylic acids is 1. The second-order valence-corrected chi connectivity index (χ2v) is 8.99. The van der Waals surface area contributed by atoms with E-state index in [9.17, 15) is 15.2 Å². The Kier molecular flexibility index (Phi) is 5.47. The van der Waals surface area contributed by atoms with Crippen molar-refractivity contribution >= 4 is 17.6 Å². The van der Waals surface area contributed by atoms with Crippen molar-refractivity contribution in [3.8, 4) is 6.07 Å². The lowest BCUT2D eigenvalue weighted by molar-refractivity contribution is -0.139. The molecule has 4 unspecified atom stereocenters. The Labute approximate surface area is 170 Å². The Hall–Kier alpha value is -2.42. The Morgan fingerprint density at radius 2 is 2.11 bits per heavy atom. The summed E-state index contributed by atoms with van der Waals surface area (Å²) in [6, 6.07) is 12.0. The number of benzene rings is 1. The van der Waals surface area contributed by atoms with Crippen LogP contribution in [0.4, 0.5) is 0 Å². The van der Waals surface area contributed by atoms with Crippen molar-refractivity contribution in [2.24, 2.45) is 5.41 Å². The zero-order chi connectivity index (χ0) is 20.5. The minimum atomic E-state index is -1.09. The maximum Gasteiger partial charge on any atom is 0.321 e. The van der Waals surface area contributed by atoms with Crippen LogP contribution >= 0.6 is 11.6 Å². The first-order valence-electron chi connectivity index (χ1n) is 9.25. The van der Waals surface area contributed by atoms with E-state index in [1.54, 1.807) is 36.7 Å². The summed E-state index contributed by atoms with van der Waals surface area (Å²) in [4.78, 5) is 16.4. The topological polar surface area (TPSA) is 86.0 Å². The van der Waals surface area contributed by atoms with Crippen molar-refractivity contribution in [1.82, 2.24) is 10.3 Å². The molecule has 1 saturated heterocycles. The molecule has 1 aliphatic heterocycles. The van der Waals surface area contributed by atoms with Crippen LogP contribution in [-0.2, 0) is 10.2 Å². The van der Waals surface area contributed by atoms with Crippen LogP contribution < -0.4 is 5.32 Å². The summed E-state index contributed by atoms with van der Waals surface area (Å²) < 4.78 is 0. The zero-order valence-electron chi connectivity index (χ0n) is 16.2. The van der Waals surface area contributed by atoms with Gasteiger partial charge in [-0.15, -0.1) is 0 Å². The molecule has 28 heavy (non-hydrogen) atoms. The third-order valence-electron chi connectivity index (χ3n) is 5.37. The SMILES string of the molecule is CC(C)(C)CC1NC(C(=O)O)C(c2cccc(Cl)c2)C1(C#N)c1cccnc1. The fourth-order valence-electron chi connectivity index (χ4n) is 4.33. The fraction of sp³-hybridized carbons (Fsp3) is 0.409. The van der Waals surface area contributed by atoms with Gasteiger partial charge in [0, 0.05) is 29.4 Å². The quantitative estimate of drug-likeness (QED) is 0.809. The van der Waals surface area contributed by atoms with E-state index in [0.717, 1.165) is 5.56 Å². The lowest BCUT2D eigenvalue weighted by Gasteiger charge is -2.36. The molecule has 0 saturated carbocycles. The summed E-state index contributed by atoms with van der Waals surface area (Å²) in [7, 11) is 0. The maximum atomic E-state index is 12.2. The third-order valence-corrected chi connectivity index (χ3v) is 5.60. The Balaban J connectivity index is 2.27. The average molecular weight is 398 g/mol. The van der Waals surface area contributed by atoms with Crippen molar-refractivity contribution < 1.29 is 9.90 Å². The second kappa shape index (κ2) is 7.54. The molecule has 2 heterocycles. The van der Waals surface area contributed by atoms with Crippen LogP contribution in [0, 0.1) is 16.7 Å². The number of halogens is 1. The molecule has 5 nitrogen and oxygen atoms in total. The molecule has 6 heteroatoms. The van der Waals surface area contributed by atoms with Gasteiger partial charge < -0.3 is 5.11 Å². The van der Waals surface area contributed by atoms with Crippen LogP contribution in [0.5, 0.6) is 0 Å². The highest BCUT2D eigenvalue weighted by Crippen LogP contribution is 2.51. The van der Waals surface area contributed by atoms with Gasteiger partial charge >= 0.3 is 5.97 Å². The lowest BCUT2D eigenvalue weighted by Crippen LogP contribution is -2.44. The number of carboxylic acids is 1. The standard InChI is InChI=1S/C22H24ClN3O2/c1-21(2,3)11-17-22(13-24,15-7-5-9-25-12-15)18(19(26-17)20(27)28)14-6-4-8-16(23)10-14/h4-10,12,17-19,26H,11H2,1-3H3,(H,27,28). The van der Waals surface area contributed by atoms with Gasteiger partial charge in [0.1, 0.15) is 11.5 Å². The van der Waals surface area contributed by atoms with Crippen molar-refractivity contribution in [1.29, 1.82) is 5.26 Å². The van der Waals surface area contributed by atoms with Gasteiger partial charge in [-0.05, 0) is 41.2 Å². The zero-order valence-corrected chi connectivity index (χ0v) is 16.9. The van der Waals surface area contributed by atoms with Crippen molar-refractivity contribution in [3.63, 3.8) is 0 Å². The molecule has 4 atom stereocenters. The number of hydrogen-bond acceptors (Lipinski definition) is 4. The Bertz CT molecular complexity index is 904. The van der Waals surface area contributed by atoms with Gasteiger partial charge in [0.05, 0.1) is 6.07 Å². The fourth-order valence-corrected chi connectivity index (χ4v) is 4.52. The molecular formula is C22H24ClN3O2. The highest BCUT2D eigenvalue weighted by molar-refractivity contribution is 6.30. The van der Waals surface area contributed by atoms with Crippen LogP contribution in [0.15, 0.2) is 48.8 Å². The molecule has 1 aromatic carbocycles. The van der Waals surface area contributed by atoms with Gasteiger partial charge in [-0.3, -0.25) is 15.1 Å². The number of rotatable bonds is 4. The average Bonchev–Trinajstić information content (AvgIpc) is 2.96. The summed E-state index contributed by atoms with van der Waals surface area (Å²) in [6.07, 6.45) is 3.96. The van der Waals surface area contributed by atoms with Crippen LogP contribution in [0.3, 0.4) is 0 Å². The first kappa shape index (κ1) is 20.3. The van der Waals surface area contributed by atoms with Crippen molar-refractivity contribution in [3.05, 3.63) is 64.9 Å². The molecule has 3 rings (SSSR count). The molecule has 0 aliphatic carbocycles. The molecule has 2 N–H and O–H groups in total. The van der Waals surface area contributed by atoms with E-state index in [1.807, 2.05) is 12.1 Å². The van der Waals surface area contributed by atoms with E-state index in [2.05, 4.69) is 37.1 Å². The first-order chi connectivity index (χ1) is 13.2. The molecule has 1 aromatic heterocycles. The highest BCUT2D eigenvalue weighted by atomic mass is 35.5. The summed E-state index contributed by atoms with van der Waals surface area (Å²) in [5.74, 6) is -1.59. The van der Waals surface area contributed by atoms with E-state index in [4.69, 9.17) is 11.6 Å². The van der Waals surface area contributed by atoms with E-state index in [0.29, 0.717) is 17.0 Å². The normalized spacial score (nSPS) is 27.3. The number of nitrogens with one attached hydrogen (secondary N) is 1. The number of pyridine rings is 1. The number of hydrogen-bond donors (Lipinski definition) is 2. The molecule has 0 bridgehead atoms. The van der Waals surface area contributed by atoms with E-state index >= 15 is 0 Å². The van der Waals surface area contributed by atoms with E-state index < -0.39 is 23.3 Å². The predicted molar refractivity (Wildman–Crippen MR) is 108 cm³/mol. The number of nitriles is 1. The molecule has 0 radical (unpaired) electrons. The monoisotopic (exact) mass is 397 g/mol. The largest absolute Gasteiger partial charge is 0.480 e. The van der Waals surface area contributed by atoms with Crippen LogP contribution in [0.1, 0.15) is 44.2 Å². The number of carbonyl (C=O) groups is 1. The minimum Gasteiger partial charge on any atom is -0.480 e. The number of nitrogens with zero attached hydrogens (tertiary/aromatic N) is 2.